The zero-order chi connectivity index (χ0) is 17.9. The number of rotatable bonds is 5. The first-order valence-electron chi connectivity index (χ1n) is 9.86. The van der Waals surface area contributed by atoms with Crippen LogP contribution >= 0.6 is 0 Å². The fourth-order valence-electron chi connectivity index (χ4n) is 4.24. The van der Waals surface area contributed by atoms with E-state index in [9.17, 15) is 0 Å². The molecule has 0 aromatic heterocycles. The van der Waals surface area contributed by atoms with E-state index >= 15 is 0 Å². The summed E-state index contributed by atoms with van der Waals surface area (Å²) in [6.07, 6.45) is 4.67. The highest BCUT2D eigenvalue weighted by Crippen LogP contribution is 2.33. The molecule has 2 atom stereocenters. The van der Waals surface area contributed by atoms with Crippen molar-refractivity contribution in [3.8, 4) is 0 Å². The van der Waals surface area contributed by atoms with Crippen molar-refractivity contribution in [3.05, 3.63) is 77.4 Å². The predicted octanol–water partition coefficient (Wildman–Crippen LogP) is 4.94. The first kappa shape index (κ1) is 17.5. The number of hydrogen-bond acceptors (Lipinski definition) is 2. The van der Waals surface area contributed by atoms with E-state index in [-0.39, 0.29) is 0 Å². The van der Waals surface area contributed by atoms with Crippen LogP contribution in [0.4, 0.5) is 0 Å². The van der Waals surface area contributed by atoms with Crippen molar-refractivity contribution in [2.24, 2.45) is 5.92 Å². The standard InChI is InChI=1S/C24H29NO/c1-18(2)12-19-8-10-21(11-9-19)22-13-23-16-26-17-24(14-22)25(23)15-20-6-4-3-5-7-20/h3-11,13,18,23-24H,12,14-17H2,1-2H3. The van der Waals surface area contributed by atoms with Crippen molar-refractivity contribution in [1.82, 2.24) is 4.90 Å². The largest absolute Gasteiger partial charge is 0.378 e. The molecule has 0 saturated carbocycles. The lowest BCUT2D eigenvalue weighted by atomic mass is 9.88. The van der Waals surface area contributed by atoms with Gasteiger partial charge in [-0.3, -0.25) is 4.90 Å². The Kier molecular flexibility index (Phi) is 5.23. The number of ether oxygens (including phenoxy) is 1. The maximum atomic E-state index is 5.87. The number of fused-ring (bicyclic) bond motifs is 2. The summed E-state index contributed by atoms with van der Waals surface area (Å²) in [6, 6.07) is 20.9. The zero-order valence-corrected chi connectivity index (χ0v) is 15.9. The third-order valence-corrected chi connectivity index (χ3v) is 5.52. The smallest absolute Gasteiger partial charge is 0.0658 e. The van der Waals surface area contributed by atoms with Gasteiger partial charge in [-0.1, -0.05) is 74.5 Å². The Balaban J connectivity index is 1.52. The summed E-state index contributed by atoms with van der Waals surface area (Å²) in [7, 11) is 0. The van der Waals surface area contributed by atoms with Crippen molar-refractivity contribution >= 4 is 5.57 Å². The van der Waals surface area contributed by atoms with Gasteiger partial charge in [0.25, 0.3) is 0 Å². The van der Waals surface area contributed by atoms with Crippen LogP contribution in [0, 0.1) is 5.92 Å². The van der Waals surface area contributed by atoms with Gasteiger partial charge >= 0.3 is 0 Å². The van der Waals surface area contributed by atoms with Crippen LogP contribution in [0.25, 0.3) is 5.57 Å². The minimum absolute atomic E-state index is 0.382. The number of benzene rings is 2. The summed E-state index contributed by atoms with van der Waals surface area (Å²) in [5, 5.41) is 0. The Morgan fingerprint density at radius 1 is 0.962 bits per heavy atom. The highest BCUT2D eigenvalue weighted by atomic mass is 16.5. The van der Waals surface area contributed by atoms with Crippen LogP contribution in [0.3, 0.4) is 0 Å². The van der Waals surface area contributed by atoms with Crippen LogP contribution in [0.5, 0.6) is 0 Å². The topological polar surface area (TPSA) is 12.5 Å². The van der Waals surface area contributed by atoms with Gasteiger partial charge in [-0.2, -0.15) is 0 Å². The Hall–Kier alpha value is -1.90. The molecule has 2 aliphatic rings. The van der Waals surface area contributed by atoms with Gasteiger partial charge in [0.1, 0.15) is 0 Å². The van der Waals surface area contributed by atoms with E-state index in [4.69, 9.17) is 4.74 Å². The van der Waals surface area contributed by atoms with Crippen LogP contribution in [0.15, 0.2) is 60.7 Å². The highest BCUT2D eigenvalue weighted by Gasteiger charge is 2.34. The van der Waals surface area contributed by atoms with E-state index in [1.54, 1.807) is 0 Å². The molecule has 2 heterocycles. The molecule has 0 radical (unpaired) electrons. The molecule has 0 spiro atoms. The van der Waals surface area contributed by atoms with Gasteiger partial charge in [0.15, 0.2) is 0 Å². The lowest BCUT2D eigenvalue weighted by molar-refractivity contribution is -0.0402. The van der Waals surface area contributed by atoms with Gasteiger partial charge < -0.3 is 4.74 Å². The number of hydrogen-bond donors (Lipinski definition) is 0. The molecule has 0 N–H and O–H groups in total. The molecule has 0 aliphatic carbocycles. The van der Waals surface area contributed by atoms with Gasteiger partial charge in [-0.05, 0) is 41.0 Å². The first-order chi connectivity index (χ1) is 12.7. The molecule has 2 aliphatic heterocycles. The third-order valence-electron chi connectivity index (χ3n) is 5.52. The monoisotopic (exact) mass is 347 g/mol. The molecule has 2 heteroatoms. The predicted molar refractivity (Wildman–Crippen MR) is 108 cm³/mol. The molecule has 2 unspecified atom stereocenters. The van der Waals surface area contributed by atoms with Gasteiger partial charge in [-0.25, -0.2) is 0 Å². The average Bonchev–Trinajstić information content (AvgIpc) is 2.62. The molecule has 2 nitrogen and oxygen atoms in total. The summed E-state index contributed by atoms with van der Waals surface area (Å²) < 4.78 is 5.87. The Bertz CT molecular complexity index is 748. The second-order valence-corrected chi connectivity index (χ2v) is 8.11. The highest BCUT2D eigenvalue weighted by molar-refractivity contribution is 5.68. The van der Waals surface area contributed by atoms with Gasteiger partial charge in [0.2, 0.25) is 0 Å². The summed E-state index contributed by atoms with van der Waals surface area (Å²) in [5.74, 6) is 0.706. The van der Waals surface area contributed by atoms with Gasteiger partial charge in [0.05, 0.1) is 19.3 Å². The SMILES string of the molecule is CC(C)Cc1ccc(C2=CC3COCC(C2)N3Cc2ccccc2)cc1. The van der Waals surface area contributed by atoms with Crippen LogP contribution in [0.2, 0.25) is 0 Å². The average molecular weight is 348 g/mol. The number of nitrogens with zero attached hydrogens (tertiary/aromatic N) is 1. The number of morpholine rings is 1. The third kappa shape index (κ3) is 3.92. The minimum atomic E-state index is 0.382. The van der Waals surface area contributed by atoms with Crippen LogP contribution in [0.1, 0.15) is 37.0 Å². The van der Waals surface area contributed by atoms with Crippen LogP contribution < -0.4 is 0 Å². The Labute approximate surface area is 157 Å². The maximum absolute atomic E-state index is 5.87. The van der Waals surface area contributed by atoms with Gasteiger partial charge in [-0.15, -0.1) is 0 Å². The molecular weight excluding hydrogens is 318 g/mol. The lowest BCUT2D eigenvalue weighted by Crippen LogP contribution is -2.53. The van der Waals surface area contributed by atoms with Gasteiger partial charge in [0, 0.05) is 12.6 Å². The van der Waals surface area contributed by atoms with E-state index in [1.165, 1.54) is 22.3 Å². The fourth-order valence-corrected chi connectivity index (χ4v) is 4.24. The van der Waals surface area contributed by atoms with Crippen molar-refractivity contribution in [2.45, 2.75) is 45.3 Å². The second-order valence-electron chi connectivity index (χ2n) is 8.11. The zero-order valence-electron chi connectivity index (χ0n) is 15.9. The first-order valence-corrected chi connectivity index (χ1v) is 9.86. The maximum Gasteiger partial charge on any atom is 0.0658 e. The van der Waals surface area contributed by atoms with E-state index in [0.29, 0.717) is 18.0 Å². The van der Waals surface area contributed by atoms with Crippen LogP contribution in [-0.2, 0) is 17.7 Å². The Morgan fingerprint density at radius 2 is 1.73 bits per heavy atom. The van der Waals surface area contributed by atoms with Crippen molar-refractivity contribution in [2.75, 3.05) is 13.2 Å². The van der Waals surface area contributed by atoms with Crippen molar-refractivity contribution in [1.29, 1.82) is 0 Å². The summed E-state index contributed by atoms with van der Waals surface area (Å²) >= 11 is 0. The molecule has 1 saturated heterocycles. The van der Waals surface area contributed by atoms with E-state index in [0.717, 1.165) is 32.6 Å². The quantitative estimate of drug-likeness (QED) is 0.759. The van der Waals surface area contributed by atoms with E-state index < -0.39 is 0 Å². The minimum Gasteiger partial charge on any atom is -0.378 e. The van der Waals surface area contributed by atoms with Crippen molar-refractivity contribution < 1.29 is 4.74 Å². The van der Waals surface area contributed by atoms with E-state index in [1.807, 2.05) is 0 Å². The molecule has 2 aromatic carbocycles. The molecular formula is C24H29NO. The lowest BCUT2D eigenvalue weighted by Gasteiger charge is -2.45. The normalized spacial score (nSPS) is 23.1. The summed E-state index contributed by atoms with van der Waals surface area (Å²) in [6.45, 7) is 7.21. The molecule has 136 valence electrons. The summed E-state index contributed by atoms with van der Waals surface area (Å²) in [5.41, 5.74) is 5.70. The molecule has 26 heavy (non-hydrogen) atoms. The molecule has 2 bridgehead atoms. The second kappa shape index (κ2) is 7.77. The molecule has 1 fully saturated rings. The van der Waals surface area contributed by atoms with E-state index in [2.05, 4.69) is 79.4 Å². The van der Waals surface area contributed by atoms with Crippen molar-refractivity contribution in [3.63, 3.8) is 0 Å². The summed E-state index contributed by atoms with van der Waals surface area (Å²) in [4.78, 5) is 2.62. The molecule has 2 aromatic rings. The molecule has 0 amide bonds. The molecule has 4 rings (SSSR count). The van der Waals surface area contributed by atoms with Crippen LogP contribution in [-0.4, -0.2) is 30.2 Å². The Morgan fingerprint density at radius 3 is 2.42 bits per heavy atom. The fraction of sp³-hybridized carbons (Fsp3) is 0.417.